The van der Waals surface area contributed by atoms with Gasteiger partial charge in [-0.15, -0.1) is 0 Å². The van der Waals surface area contributed by atoms with Crippen LogP contribution in [-0.4, -0.2) is 24.2 Å². The number of rotatable bonds is 9. The van der Waals surface area contributed by atoms with Crippen LogP contribution in [0.2, 0.25) is 0 Å². The highest BCUT2D eigenvalue weighted by Gasteiger charge is 2.08. The Kier molecular flexibility index (Phi) is 7.54. The fraction of sp³-hybridized carbons (Fsp3) is 0.160. The van der Waals surface area contributed by atoms with Gasteiger partial charge in [-0.2, -0.15) is 0 Å². The summed E-state index contributed by atoms with van der Waals surface area (Å²) in [4.78, 5) is 35.9. The molecule has 6 heteroatoms. The molecule has 0 aromatic heterocycles. The zero-order chi connectivity index (χ0) is 22.1. The molecule has 0 spiro atoms. The van der Waals surface area contributed by atoms with Crippen LogP contribution in [0.4, 0.5) is 5.69 Å². The van der Waals surface area contributed by atoms with Crippen molar-refractivity contribution < 1.29 is 19.1 Å². The van der Waals surface area contributed by atoms with Crippen LogP contribution in [-0.2, 0) is 11.3 Å². The Morgan fingerprint density at radius 1 is 0.839 bits per heavy atom. The summed E-state index contributed by atoms with van der Waals surface area (Å²) in [6, 6.07) is 23.1. The molecular weight excluding hydrogens is 392 g/mol. The van der Waals surface area contributed by atoms with E-state index in [0.717, 1.165) is 11.3 Å². The molecule has 0 aliphatic rings. The van der Waals surface area contributed by atoms with E-state index in [4.69, 9.17) is 4.74 Å². The lowest BCUT2D eigenvalue weighted by molar-refractivity contribution is -0.121. The zero-order valence-electron chi connectivity index (χ0n) is 17.3. The monoisotopic (exact) mass is 416 g/mol. The number of ketones is 1. The molecule has 0 saturated heterocycles. The zero-order valence-corrected chi connectivity index (χ0v) is 17.3. The van der Waals surface area contributed by atoms with Crippen LogP contribution in [0.3, 0.4) is 0 Å². The van der Waals surface area contributed by atoms with Crippen molar-refractivity contribution in [3.63, 3.8) is 0 Å². The quantitative estimate of drug-likeness (QED) is 0.512. The predicted molar refractivity (Wildman–Crippen MR) is 119 cm³/mol. The first-order valence-electron chi connectivity index (χ1n) is 9.97. The highest BCUT2D eigenvalue weighted by Crippen LogP contribution is 2.14. The lowest BCUT2D eigenvalue weighted by Gasteiger charge is -2.09. The molecule has 0 aliphatic heterocycles. The Hall–Kier alpha value is -3.93. The number of para-hydroxylation sites is 1. The Labute approximate surface area is 181 Å². The normalized spacial score (nSPS) is 10.2. The van der Waals surface area contributed by atoms with Gasteiger partial charge in [-0.1, -0.05) is 42.5 Å². The van der Waals surface area contributed by atoms with Gasteiger partial charge in [0, 0.05) is 23.4 Å². The number of carbonyl (C=O) groups is 3. The largest absolute Gasteiger partial charge is 0.493 e. The van der Waals surface area contributed by atoms with E-state index in [1.54, 1.807) is 48.5 Å². The third-order valence-electron chi connectivity index (χ3n) is 4.57. The minimum Gasteiger partial charge on any atom is -0.493 e. The minimum atomic E-state index is -0.269. The number of benzene rings is 3. The molecule has 0 aliphatic carbocycles. The molecule has 6 nitrogen and oxygen atoms in total. The minimum absolute atomic E-state index is 0.0610. The maximum absolute atomic E-state index is 12.4. The molecule has 3 aromatic carbocycles. The SMILES string of the molecule is CC(=O)c1cccc(NC(=O)c2ccc(CNC(=O)CCOc3ccccc3)cc2)c1. The van der Waals surface area contributed by atoms with Crippen LogP contribution >= 0.6 is 0 Å². The Balaban J connectivity index is 1.45. The number of Topliss-reactive ketones (excluding diaryl/α,β-unsaturated/α-hetero) is 1. The van der Waals surface area contributed by atoms with Gasteiger partial charge in [0.25, 0.3) is 5.91 Å². The van der Waals surface area contributed by atoms with E-state index >= 15 is 0 Å². The van der Waals surface area contributed by atoms with Gasteiger partial charge in [0.1, 0.15) is 5.75 Å². The Bertz CT molecular complexity index is 1050. The van der Waals surface area contributed by atoms with Crippen LogP contribution in [0.5, 0.6) is 5.75 Å². The molecule has 0 heterocycles. The first-order chi connectivity index (χ1) is 15.0. The summed E-state index contributed by atoms with van der Waals surface area (Å²) >= 11 is 0. The Morgan fingerprint density at radius 3 is 2.29 bits per heavy atom. The molecule has 31 heavy (non-hydrogen) atoms. The first kappa shape index (κ1) is 21.8. The van der Waals surface area contributed by atoms with Gasteiger partial charge < -0.3 is 15.4 Å². The maximum atomic E-state index is 12.4. The van der Waals surface area contributed by atoms with Crippen molar-refractivity contribution in [1.82, 2.24) is 5.32 Å². The molecule has 2 amide bonds. The summed E-state index contributed by atoms with van der Waals surface area (Å²) in [5, 5.41) is 5.62. The molecule has 0 fully saturated rings. The molecule has 0 saturated carbocycles. The molecule has 158 valence electrons. The van der Waals surface area contributed by atoms with Crippen LogP contribution in [0.1, 0.15) is 39.6 Å². The van der Waals surface area contributed by atoms with Gasteiger partial charge in [-0.05, 0) is 48.9 Å². The van der Waals surface area contributed by atoms with Crippen LogP contribution in [0.25, 0.3) is 0 Å². The number of carbonyl (C=O) groups excluding carboxylic acids is 3. The molecule has 2 N–H and O–H groups in total. The standard InChI is InChI=1S/C25H24N2O4/c1-18(28)21-6-5-7-22(16-21)27-25(30)20-12-10-19(11-13-20)17-26-24(29)14-15-31-23-8-3-2-4-9-23/h2-13,16H,14-15,17H2,1H3,(H,26,29)(H,27,30). The summed E-state index contributed by atoms with van der Waals surface area (Å²) in [6.45, 7) is 2.15. The van der Waals surface area contributed by atoms with Gasteiger partial charge in [0.05, 0.1) is 13.0 Å². The summed E-state index contributed by atoms with van der Waals surface area (Å²) < 4.78 is 5.52. The van der Waals surface area contributed by atoms with Crippen LogP contribution in [0.15, 0.2) is 78.9 Å². The van der Waals surface area contributed by atoms with Crippen molar-refractivity contribution in [2.75, 3.05) is 11.9 Å². The van der Waals surface area contributed by atoms with E-state index in [2.05, 4.69) is 10.6 Å². The highest BCUT2D eigenvalue weighted by molar-refractivity contribution is 6.05. The predicted octanol–water partition coefficient (Wildman–Crippen LogP) is 4.23. The number of ether oxygens (including phenoxy) is 1. The number of anilines is 1. The van der Waals surface area contributed by atoms with Crippen molar-refractivity contribution >= 4 is 23.3 Å². The first-order valence-corrected chi connectivity index (χ1v) is 9.97. The molecular formula is C25H24N2O4. The summed E-state index contributed by atoms with van der Waals surface area (Å²) in [7, 11) is 0. The molecule has 0 unspecified atom stereocenters. The van der Waals surface area contributed by atoms with Crippen LogP contribution < -0.4 is 15.4 Å². The van der Waals surface area contributed by atoms with Crippen molar-refractivity contribution in [2.24, 2.45) is 0 Å². The lowest BCUT2D eigenvalue weighted by atomic mass is 10.1. The molecule has 3 aromatic rings. The van der Waals surface area contributed by atoms with Crippen molar-refractivity contribution in [3.05, 3.63) is 95.6 Å². The van der Waals surface area contributed by atoms with E-state index in [1.807, 2.05) is 30.3 Å². The fourth-order valence-corrected chi connectivity index (χ4v) is 2.86. The van der Waals surface area contributed by atoms with Crippen molar-refractivity contribution in [2.45, 2.75) is 19.9 Å². The van der Waals surface area contributed by atoms with E-state index in [1.165, 1.54) is 6.92 Å². The van der Waals surface area contributed by atoms with Gasteiger partial charge in [0.2, 0.25) is 5.91 Å². The number of nitrogens with one attached hydrogen (secondary N) is 2. The van der Waals surface area contributed by atoms with Crippen molar-refractivity contribution in [1.29, 1.82) is 0 Å². The summed E-state index contributed by atoms with van der Waals surface area (Å²) in [6.07, 6.45) is 0.259. The van der Waals surface area contributed by atoms with Gasteiger partial charge in [-0.25, -0.2) is 0 Å². The molecule has 0 radical (unpaired) electrons. The van der Waals surface area contributed by atoms with Crippen molar-refractivity contribution in [3.8, 4) is 5.75 Å². The van der Waals surface area contributed by atoms with Gasteiger partial charge in [0.15, 0.2) is 5.78 Å². The smallest absolute Gasteiger partial charge is 0.255 e. The van der Waals surface area contributed by atoms with Gasteiger partial charge in [-0.3, -0.25) is 14.4 Å². The van der Waals surface area contributed by atoms with E-state index in [-0.39, 0.29) is 24.0 Å². The van der Waals surface area contributed by atoms with Gasteiger partial charge >= 0.3 is 0 Å². The highest BCUT2D eigenvalue weighted by atomic mass is 16.5. The molecule has 0 atom stereocenters. The average molecular weight is 416 g/mol. The van der Waals surface area contributed by atoms with E-state index in [9.17, 15) is 14.4 Å². The van der Waals surface area contributed by atoms with Crippen LogP contribution in [0, 0.1) is 0 Å². The molecule has 3 rings (SSSR count). The number of hydrogen-bond donors (Lipinski definition) is 2. The third kappa shape index (κ3) is 6.82. The number of hydrogen-bond acceptors (Lipinski definition) is 4. The number of amides is 2. The summed E-state index contributed by atoms with van der Waals surface area (Å²) in [5.74, 6) is 0.295. The molecule has 0 bridgehead atoms. The third-order valence-corrected chi connectivity index (χ3v) is 4.57. The fourth-order valence-electron chi connectivity index (χ4n) is 2.86. The van der Waals surface area contributed by atoms with E-state index < -0.39 is 0 Å². The van der Waals surface area contributed by atoms with E-state index in [0.29, 0.717) is 30.0 Å². The topological polar surface area (TPSA) is 84.5 Å². The second-order valence-electron chi connectivity index (χ2n) is 6.98. The summed E-state index contributed by atoms with van der Waals surface area (Å²) in [5.41, 5.74) is 2.47. The average Bonchev–Trinajstić information content (AvgIpc) is 2.79. The second kappa shape index (κ2) is 10.7. The lowest BCUT2D eigenvalue weighted by Crippen LogP contribution is -2.24. The maximum Gasteiger partial charge on any atom is 0.255 e. The second-order valence-corrected chi connectivity index (χ2v) is 6.98. The Morgan fingerprint density at radius 2 is 1.58 bits per heavy atom.